The molecule has 0 saturated carbocycles. The van der Waals surface area contributed by atoms with Gasteiger partial charge in [0, 0.05) is 13.0 Å². The number of rotatable bonds is 5. The fourth-order valence-corrected chi connectivity index (χ4v) is 3.63. The summed E-state index contributed by atoms with van der Waals surface area (Å²) in [6, 6.07) is 3.69. The number of carboxylic acids is 1. The maximum absolute atomic E-state index is 13.5. The normalized spacial score (nSPS) is 17.4. The van der Waals surface area contributed by atoms with Gasteiger partial charge in [0.15, 0.2) is 5.82 Å². The van der Waals surface area contributed by atoms with Crippen LogP contribution in [0.15, 0.2) is 18.2 Å². The number of hydrogen-bond acceptors (Lipinski definition) is 5. The van der Waals surface area contributed by atoms with Crippen LogP contribution in [-0.4, -0.2) is 48.9 Å². The Hall–Kier alpha value is -2.32. The summed E-state index contributed by atoms with van der Waals surface area (Å²) in [6.07, 6.45) is 1.50. The zero-order valence-electron chi connectivity index (χ0n) is 14.9. The lowest BCUT2D eigenvalue weighted by Crippen LogP contribution is -2.40. The number of piperidine rings is 1. The van der Waals surface area contributed by atoms with Crippen LogP contribution in [0.4, 0.5) is 4.39 Å². The Kier molecular flexibility index (Phi) is 5.33. The molecule has 0 aliphatic carbocycles. The minimum Gasteiger partial charge on any atom is -0.480 e. The lowest BCUT2D eigenvalue weighted by molar-refractivity contribution is -0.144. The van der Waals surface area contributed by atoms with Crippen LogP contribution < -0.4 is 0 Å². The lowest BCUT2D eigenvalue weighted by atomic mass is 9.93. The highest BCUT2D eigenvalue weighted by atomic mass is 19.1. The summed E-state index contributed by atoms with van der Waals surface area (Å²) in [4.78, 5) is 13.8. The van der Waals surface area contributed by atoms with Crippen LogP contribution in [0.5, 0.6) is 0 Å². The summed E-state index contributed by atoms with van der Waals surface area (Å²) >= 11 is 0. The van der Waals surface area contributed by atoms with Gasteiger partial charge in [-0.1, -0.05) is 12.1 Å². The van der Waals surface area contributed by atoms with Crippen molar-refractivity contribution in [3.05, 3.63) is 46.8 Å². The summed E-state index contributed by atoms with van der Waals surface area (Å²) < 4.78 is 15.3. The number of halogens is 1. The van der Waals surface area contributed by atoms with Gasteiger partial charge in [0.05, 0.1) is 0 Å². The van der Waals surface area contributed by atoms with E-state index in [1.165, 1.54) is 6.07 Å². The van der Waals surface area contributed by atoms with Crippen molar-refractivity contribution in [2.24, 2.45) is 7.05 Å². The van der Waals surface area contributed by atoms with E-state index in [1.807, 2.05) is 11.9 Å². The third kappa shape index (κ3) is 3.47. The number of aryl methyl sites for hydroxylation is 1. The summed E-state index contributed by atoms with van der Waals surface area (Å²) in [7, 11) is 1.83. The second-order valence-corrected chi connectivity index (χ2v) is 6.75. The summed E-state index contributed by atoms with van der Waals surface area (Å²) in [6.45, 7) is 2.67. The SMILES string of the molecule is Cc1cc(C(C(=O)O)N2CCC(c3nnc(CO)n3C)CC2)ccc1F. The molecular weight excluding hydrogens is 339 g/mol. The van der Waals surface area contributed by atoms with E-state index in [4.69, 9.17) is 0 Å². The molecule has 0 spiro atoms. The predicted molar refractivity (Wildman–Crippen MR) is 92.0 cm³/mol. The molecule has 8 heteroatoms. The first kappa shape index (κ1) is 18.5. The van der Waals surface area contributed by atoms with Crippen molar-refractivity contribution >= 4 is 5.97 Å². The van der Waals surface area contributed by atoms with E-state index in [-0.39, 0.29) is 18.3 Å². The van der Waals surface area contributed by atoms with Crippen molar-refractivity contribution in [2.45, 2.75) is 38.3 Å². The predicted octanol–water partition coefficient (Wildman–Crippen LogP) is 1.76. The molecule has 0 radical (unpaired) electrons. The summed E-state index contributed by atoms with van der Waals surface area (Å²) in [5.74, 6) is 0.244. The molecular formula is C18H23FN4O3. The molecule has 3 rings (SSSR count). The van der Waals surface area contributed by atoms with Crippen LogP contribution in [0.2, 0.25) is 0 Å². The first-order chi connectivity index (χ1) is 12.4. The molecule has 2 aromatic rings. The number of aliphatic hydroxyl groups is 1. The molecule has 1 aromatic heterocycles. The second-order valence-electron chi connectivity index (χ2n) is 6.75. The lowest BCUT2D eigenvalue weighted by Gasteiger charge is -2.35. The van der Waals surface area contributed by atoms with Crippen LogP contribution >= 0.6 is 0 Å². The maximum atomic E-state index is 13.5. The number of hydrogen-bond donors (Lipinski definition) is 2. The Morgan fingerprint density at radius 2 is 2.04 bits per heavy atom. The molecule has 0 bridgehead atoms. The molecule has 0 amide bonds. The van der Waals surface area contributed by atoms with E-state index in [0.717, 1.165) is 18.7 Å². The standard InChI is InChI=1S/C18H23FN4O3/c1-11-9-13(3-4-14(11)19)16(18(25)26)23-7-5-12(6-8-23)17-21-20-15(10-24)22(17)2/h3-4,9,12,16,24H,5-8,10H2,1-2H3,(H,25,26). The van der Waals surface area contributed by atoms with Crippen LogP contribution in [0.25, 0.3) is 0 Å². The van der Waals surface area contributed by atoms with Crippen molar-refractivity contribution < 1.29 is 19.4 Å². The molecule has 1 saturated heterocycles. The van der Waals surface area contributed by atoms with Crippen LogP contribution in [0, 0.1) is 12.7 Å². The quantitative estimate of drug-likeness (QED) is 0.842. The Labute approximate surface area is 151 Å². The molecule has 1 atom stereocenters. The number of nitrogens with zero attached hydrogens (tertiary/aromatic N) is 4. The average Bonchev–Trinajstić information content (AvgIpc) is 2.99. The van der Waals surface area contributed by atoms with Gasteiger partial charge in [0.2, 0.25) is 0 Å². The third-order valence-electron chi connectivity index (χ3n) is 5.13. The minimum atomic E-state index is -0.935. The highest BCUT2D eigenvalue weighted by Gasteiger charge is 2.33. The van der Waals surface area contributed by atoms with Gasteiger partial charge in [-0.05, 0) is 50.0 Å². The van der Waals surface area contributed by atoms with E-state index >= 15 is 0 Å². The molecule has 1 aliphatic rings. The molecule has 1 aromatic carbocycles. The van der Waals surface area contributed by atoms with E-state index in [9.17, 15) is 19.4 Å². The smallest absolute Gasteiger partial charge is 0.325 e. The van der Waals surface area contributed by atoms with Gasteiger partial charge in [0.25, 0.3) is 0 Å². The first-order valence-electron chi connectivity index (χ1n) is 8.64. The van der Waals surface area contributed by atoms with Crippen molar-refractivity contribution in [3.63, 3.8) is 0 Å². The van der Waals surface area contributed by atoms with Crippen LogP contribution in [0.1, 0.15) is 47.6 Å². The highest BCUT2D eigenvalue weighted by Crippen LogP contribution is 2.32. The van der Waals surface area contributed by atoms with Gasteiger partial charge in [-0.15, -0.1) is 10.2 Å². The number of aliphatic hydroxyl groups excluding tert-OH is 1. The summed E-state index contributed by atoms with van der Waals surface area (Å²) in [5, 5.41) is 27.1. The van der Waals surface area contributed by atoms with Crippen LogP contribution in [0.3, 0.4) is 0 Å². The number of likely N-dealkylation sites (tertiary alicyclic amines) is 1. The number of carbonyl (C=O) groups is 1. The van der Waals surface area contributed by atoms with E-state index < -0.39 is 12.0 Å². The van der Waals surface area contributed by atoms with Gasteiger partial charge >= 0.3 is 5.97 Å². The van der Waals surface area contributed by atoms with E-state index in [1.54, 1.807) is 23.6 Å². The Morgan fingerprint density at radius 3 is 2.58 bits per heavy atom. The van der Waals surface area contributed by atoms with Gasteiger partial charge < -0.3 is 14.8 Å². The fraction of sp³-hybridized carbons (Fsp3) is 0.500. The van der Waals surface area contributed by atoms with E-state index in [2.05, 4.69) is 10.2 Å². The monoisotopic (exact) mass is 362 g/mol. The summed E-state index contributed by atoms with van der Waals surface area (Å²) in [5.41, 5.74) is 1.04. The highest BCUT2D eigenvalue weighted by molar-refractivity contribution is 5.75. The van der Waals surface area contributed by atoms with Crippen molar-refractivity contribution in [1.82, 2.24) is 19.7 Å². The molecule has 140 valence electrons. The third-order valence-corrected chi connectivity index (χ3v) is 5.13. The number of carboxylic acid groups (broad SMARTS) is 1. The van der Waals surface area contributed by atoms with Crippen molar-refractivity contribution in [3.8, 4) is 0 Å². The molecule has 2 heterocycles. The molecule has 26 heavy (non-hydrogen) atoms. The van der Waals surface area contributed by atoms with Gasteiger partial charge in [-0.3, -0.25) is 9.69 Å². The first-order valence-corrected chi connectivity index (χ1v) is 8.64. The molecule has 7 nitrogen and oxygen atoms in total. The maximum Gasteiger partial charge on any atom is 0.325 e. The molecule has 1 fully saturated rings. The fourth-order valence-electron chi connectivity index (χ4n) is 3.63. The van der Waals surface area contributed by atoms with Crippen LogP contribution in [-0.2, 0) is 18.4 Å². The zero-order chi connectivity index (χ0) is 18.8. The molecule has 1 unspecified atom stereocenters. The number of aromatic nitrogens is 3. The van der Waals surface area contributed by atoms with Gasteiger partial charge in [-0.2, -0.15) is 0 Å². The Balaban J connectivity index is 1.75. The molecule has 1 aliphatic heterocycles. The number of aliphatic carboxylic acids is 1. The minimum absolute atomic E-state index is 0.159. The van der Waals surface area contributed by atoms with Crippen molar-refractivity contribution in [2.75, 3.05) is 13.1 Å². The van der Waals surface area contributed by atoms with Gasteiger partial charge in [0.1, 0.15) is 24.3 Å². The Bertz CT molecular complexity index is 800. The average molecular weight is 362 g/mol. The zero-order valence-corrected chi connectivity index (χ0v) is 14.9. The van der Waals surface area contributed by atoms with Gasteiger partial charge in [-0.25, -0.2) is 4.39 Å². The topological polar surface area (TPSA) is 91.5 Å². The largest absolute Gasteiger partial charge is 0.480 e. The second kappa shape index (κ2) is 7.51. The number of benzene rings is 1. The van der Waals surface area contributed by atoms with Crippen molar-refractivity contribution in [1.29, 1.82) is 0 Å². The molecule has 2 N–H and O–H groups in total. The van der Waals surface area contributed by atoms with E-state index in [0.29, 0.717) is 30.0 Å². The Morgan fingerprint density at radius 1 is 1.35 bits per heavy atom.